The predicted octanol–water partition coefficient (Wildman–Crippen LogP) is 2.30. The zero-order chi connectivity index (χ0) is 45.1. The van der Waals surface area contributed by atoms with Gasteiger partial charge in [-0.3, -0.25) is 0 Å². The van der Waals surface area contributed by atoms with Crippen LogP contribution in [0.1, 0.15) is 33.1 Å². The van der Waals surface area contributed by atoms with Crippen LogP contribution in [-0.4, -0.2) is 0 Å². The highest BCUT2D eigenvalue weighted by Crippen LogP contribution is 2.14. The molecule has 0 nitrogen and oxygen atoms in total. The molecule has 0 radical (unpaired) electrons. The Labute approximate surface area is 374 Å². The van der Waals surface area contributed by atoms with Crippen molar-refractivity contribution in [3.05, 3.63) is 0 Å². The Hall–Kier alpha value is -12.8. The molecule has 0 aliphatic heterocycles. The topological polar surface area (TPSA) is 0 Å². The van der Waals surface area contributed by atoms with E-state index in [1.165, 1.54) is 19.3 Å². The van der Waals surface area contributed by atoms with Crippen molar-refractivity contribution < 1.29 is 0 Å². The van der Waals surface area contributed by atoms with Gasteiger partial charge in [0.2, 0.25) is 0 Å². The number of rotatable bonds is 0. The van der Waals surface area contributed by atoms with Gasteiger partial charge in [0.05, 0.1) is 0 Å². The summed E-state index contributed by atoms with van der Waals surface area (Å²) < 4.78 is 0. The van der Waals surface area contributed by atoms with Crippen LogP contribution in [0.3, 0.4) is 0 Å². The Morgan fingerprint density at radius 1 is 0.111 bits per heavy atom. The number of hydrogen-bond acceptors (Lipinski definition) is 0. The lowest BCUT2D eigenvalue weighted by Crippen LogP contribution is -1.57. The highest BCUT2D eigenvalue weighted by Gasteiger charge is 1.95. The van der Waals surface area contributed by atoms with Gasteiger partial charge in [-0.05, 0) is 109 Å². The first-order valence-electron chi connectivity index (χ1n) is 16.8. The molecule has 0 saturated heterocycles. The van der Waals surface area contributed by atoms with Crippen LogP contribution in [0, 0.1) is 343 Å². The van der Waals surface area contributed by atoms with Gasteiger partial charge in [-0.2, -0.15) is 0 Å². The molecular weight excluding hydrogens is 757 g/mol. The minimum atomic E-state index is 1.50. The molecule has 1 fully saturated rings. The average molecular weight is 769 g/mol. The third-order valence-corrected chi connectivity index (χ3v) is 4.04. The second-order valence-corrected chi connectivity index (χ2v) is 8.56. The molecule has 1 saturated carbocycles. The summed E-state index contributed by atoms with van der Waals surface area (Å²) in [7, 11) is 0. The smallest absolute Gasteiger partial charge is 0 e. The Balaban J connectivity index is 0.0000122. The fourth-order valence-electron chi connectivity index (χ4n) is 1.81. The third-order valence-electron chi connectivity index (χ3n) is 4.04. The summed E-state index contributed by atoms with van der Waals surface area (Å²) in [6.07, 6.45) is 4.50. The highest BCUT2D eigenvalue weighted by atomic mass is 14.0. The fourth-order valence-corrected chi connectivity index (χ4v) is 1.81. The van der Waals surface area contributed by atoms with Crippen molar-refractivity contribution in [2.24, 2.45) is 0 Å². The standard InChI is InChI=1S/C60H6.C3H6/c1-3-5-7-9-11-13-15-17-19-21-23-25-27-29-31-33-35-37-39-41-43-45-47-49-51-53-55-57-59-60-58-56-54-52-50-48-46-44-42-40-38-36-34-32-30-28-26-24-22-20-18-16-14-12-10-8-6-4-2;1-2-3-1/h1-2H3;1-3H2. The van der Waals surface area contributed by atoms with Gasteiger partial charge in [0.1, 0.15) is 0 Å². The monoisotopic (exact) mass is 768 g/mol. The first-order chi connectivity index (χ1) is 31.4. The Kier molecular flexibility index (Phi) is 39.3. The van der Waals surface area contributed by atoms with Gasteiger partial charge in [0.15, 0.2) is 0 Å². The molecule has 0 amide bonds. The van der Waals surface area contributed by atoms with E-state index in [1.807, 2.05) is 0 Å². The maximum atomic E-state index is 2.63. The SMILES string of the molecule is C1CC1.CC#CC#CC#CC#CC#CC#CC#CC#CC#CC#CC#CC#CC#CC#CC#CC#CC#CC#CC#CC#CC#CC#CC#CC#CC#CC#CC#CC#CC#CC. The van der Waals surface area contributed by atoms with Crippen molar-refractivity contribution in [1.29, 1.82) is 0 Å². The van der Waals surface area contributed by atoms with Crippen molar-refractivity contribution in [2.75, 3.05) is 0 Å². The molecule has 0 heterocycles. The molecule has 1 aliphatic rings. The first kappa shape index (κ1) is 50.2. The lowest BCUT2D eigenvalue weighted by molar-refractivity contribution is 1.50. The van der Waals surface area contributed by atoms with E-state index in [4.69, 9.17) is 0 Å². The van der Waals surface area contributed by atoms with Gasteiger partial charge < -0.3 is 0 Å². The summed E-state index contributed by atoms with van der Waals surface area (Å²) in [4.78, 5) is 0. The van der Waals surface area contributed by atoms with E-state index in [1.54, 1.807) is 13.8 Å². The summed E-state index contributed by atoms with van der Waals surface area (Å²) in [5.41, 5.74) is 0. The van der Waals surface area contributed by atoms with Crippen molar-refractivity contribution in [3.8, 4) is 343 Å². The molecule has 0 bridgehead atoms. The molecular formula is C63H12. The summed E-state index contributed by atoms with van der Waals surface area (Å²) in [6.45, 7) is 3.37. The fraction of sp³-hybridized carbons (Fsp3) is 0.0794. The van der Waals surface area contributed by atoms with Gasteiger partial charge in [-0.15, -0.1) is 0 Å². The van der Waals surface area contributed by atoms with Crippen molar-refractivity contribution in [1.82, 2.24) is 0 Å². The van der Waals surface area contributed by atoms with Crippen LogP contribution >= 0.6 is 0 Å². The molecule has 1 aliphatic carbocycles. The van der Waals surface area contributed by atoms with Crippen LogP contribution < -0.4 is 0 Å². The van der Waals surface area contributed by atoms with E-state index in [9.17, 15) is 0 Å². The largest absolute Gasteiger partial charge is 0.0925 e. The van der Waals surface area contributed by atoms with Gasteiger partial charge in [-0.25, -0.2) is 0 Å². The molecule has 0 unspecified atom stereocenters. The van der Waals surface area contributed by atoms with Crippen LogP contribution in [0.25, 0.3) is 0 Å². The first-order valence-corrected chi connectivity index (χ1v) is 16.8. The zero-order valence-corrected chi connectivity index (χ0v) is 33.1. The molecule has 63 heavy (non-hydrogen) atoms. The van der Waals surface area contributed by atoms with Crippen molar-refractivity contribution >= 4 is 0 Å². The second kappa shape index (κ2) is 49.2. The van der Waals surface area contributed by atoms with E-state index in [0.717, 1.165) is 0 Å². The maximum Gasteiger partial charge on any atom is 0 e. The van der Waals surface area contributed by atoms with Gasteiger partial charge in [0, 0.05) is 237 Å². The van der Waals surface area contributed by atoms with Crippen LogP contribution in [0.4, 0.5) is 0 Å². The molecule has 0 heteroatoms. The van der Waals surface area contributed by atoms with Crippen molar-refractivity contribution in [2.45, 2.75) is 33.1 Å². The van der Waals surface area contributed by atoms with Crippen molar-refractivity contribution in [3.63, 3.8) is 0 Å². The zero-order valence-electron chi connectivity index (χ0n) is 33.1. The average Bonchev–Trinajstić information content (AvgIpc) is 4.19. The van der Waals surface area contributed by atoms with Crippen LogP contribution in [0.2, 0.25) is 0 Å². The summed E-state index contributed by atoms with van der Waals surface area (Å²) in [5.74, 6) is 146. The quantitative estimate of drug-likeness (QED) is 0.333. The summed E-state index contributed by atoms with van der Waals surface area (Å²) in [5, 5.41) is 0. The third kappa shape index (κ3) is 53.7. The lowest BCUT2D eigenvalue weighted by Gasteiger charge is -1.57. The maximum absolute atomic E-state index is 2.63. The normalized spacial score (nSPS) is 4.92. The highest BCUT2D eigenvalue weighted by molar-refractivity contribution is 5.51. The van der Waals surface area contributed by atoms with Crippen LogP contribution in [0.15, 0.2) is 0 Å². The van der Waals surface area contributed by atoms with Crippen LogP contribution in [0.5, 0.6) is 0 Å². The molecule has 0 aromatic heterocycles. The molecule has 0 atom stereocenters. The Morgan fingerprint density at radius 3 is 0.222 bits per heavy atom. The molecule has 0 aromatic carbocycles. The van der Waals surface area contributed by atoms with E-state index < -0.39 is 0 Å². The van der Waals surface area contributed by atoms with E-state index in [2.05, 4.69) is 343 Å². The Morgan fingerprint density at radius 2 is 0.175 bits per heavy atom. The molecule has 0 N–H and O–H groups in total. The molecule has 0 spiro atoms. The van der Waals surface area contributed by atoms with E-state index in [0.29, 0.717) is 0 Å². The molecule has 1 rings (SSSR count). The molecule has 264 valence electrons. The minimum absolute atomic E-state index is 1.50. The van der Waals surface area contributed by atoms with E-state index >= 15 is 0 Å². The van der Waals surface area contributed by atoms with Crippen LogP contribution in [-0.2, 0) is 0 Å². The Bertz CT molecular complexity index is 3570. The summed E-state index contributed by atoms with van der Waals surface area (Å²) in [6, 6.07) is 0. The lowest BCUT2D eigenvalue weighted by atomic mass is 10.4. The van der Waals surface area contributed by atoms with Gasteiger partial charge in [0.25, 0.3) is 0 Å². The number of hydrogen-bond donors (Lipinski definition) is 0. The minimum Gasteiger partial charge on any atom is -0.0925 e. The van der Waals surface area contributed by atoms with E-state index in [-0.39, 0.29) is 0 Å². The molecule has 0 aromatic rings. The predicted molar refractivity (Wildman–Crippen MR) is 251 cm³/mol. The second-order valence-electron chi connectivity index (χ2n) is 8.56. The van der Waals surface area contributed by atoms with Gasteiger partial charge >= 0.3 is 0 Å². The van der Waals surface area contributed by atoms with Gasteiger partial charge in [-0.1, -0.05) is 31.1 Å². The summed E-state index contributed by atoms with van der Waals surface area (Å²) >= 11 is 0.